The maximum Gasteiger partial charge on any atom is 0.417 e. The third-order valence-corrected chi connectivity index (χ3v) is 2.86. The largest absolute Gasteiger partial charge is 0.417 e. The number of nitrogens with two attached hydrogens (primary N) is 1. The minimum absolute atomic E-state index is 0.0469. The molecule has 1 aromatic heterocycles. The molecule has 2 rings (SSSR count). The van der Waals surface area contributed by atoms with Gasteiger partial charge >= 0.3 is 6.18 Å². The fourth-order valence-corrected chi connectivity index (χ4v) is 1.97. The molecule has 94 valence electrons. The normalized spacial score (nSPS) is 11.6. The number of nitrogen functional groups attached to an aromatic ring is 1. The first-order chi connectivity index (χ1) is 8.39. The SMILES string of the molecule is Nc1cnc(Br)cc1-c1ccccc1C(F)(F)F. The Hall–Kier alpha value is -1.56. The molecule has 2 N–H and O–H groups in total. The molecule has 0 aliphatic heterocycles. The van der Waals surface area contributed by atoms with Gasteiger partial charge in [0.2, 0.25) is 0 Å². The molecular weight excluding hydrogens is 309 g/mol. The van der Waals surface area contributed by atoms with Gasteiger partial charge in [-0.05, 0) is 33.6 Å². The number of rotatable bonds is 1. The molecule has 0 spiro atoms. The summed E-state index contributed by atoms with van der Waals surface area (Å²) in [5, 5.41) is 0. The van der Waals surface area contributed by atoms with Crippen LogP contribution in [0.25, 0.3) is 11.1 Å². The van der Waals surface area contributed by atoms with Gasteiger partial charge < -0.3 is 5.73 Å². The Morgan fingerprint density at radius 2 is 1.78 bits per heavy atom. The zero-order valence-electron chi connectivity index (χ0n) is 9.00. The molecule has 1 aromatic carbocycles. The molecule has 0 atom stereocenters. The van der Waals surface area contributed by atoms with Crippen LogP contribution in [0, 0.1) is 0 Å². The van der Waals surface area contributed by atoms with Crippen LogP contribution in [0.3, 0.4) is 0 Å². The molecule has 0 saturated heterocycles. The average molecular weight is 317 g/mol. The van der Waals surface area contributed by atoms with Crippen molar-refractivity contribution in [2.45, 2.75) is 6.18 Å². The average Bonchev–Trinajstić information content (AvgIpc) is 2.31. The van der Waals surface area contributed by atoms with Crippen molar-refractivity contribution in [3.63, 3.8) is 0 Å². The third kappa shape index (κ3) is 2.48. The first-order valence-electron chi connectivity index (χ1n) is 4.97. The fourth-order valence-electron chi connectivity index (χ4n) is 1.64. The summed E-state index contributed by atoms with van der Waals surface area (Å²) in [5.41, 5.74) is 5.53. The summed E-state index contributed by atoms with van der Waals surface area (Å²) < 4.78 is 39.1. The molecule has 1 heterocycles. The maximum atomic E-state index is 12.9. The van der Waals surface area contributed by atoms with Crippen LogP contribution in [0.15, 0.2) is 41.1 Å². The monoisotopic (exact) mass is 316 g/mol. The first-order valence-corrected chi connectivity index (χ1v) is 5.76. The molecule has 0 aliphatic carbocycles. The summed E-state index contributed by atoms with van der Waals surface area (Å²) in [6, 6.07) is 6.78. The van der Waals surface area contributed by atoms with Crippen LogP contribution < -0.4 is 5.73 Å². The van der Waals surface area contributed by atoms with Crippen molar-refractivity contribution in [2.75, 3.05) is 5.73 Å². The van der Waals surface area contributed by atoms with Crippen molar-refractivity contribution in [1.29, 1.82) is 0 Å². The number of halogens is 4. The summed E-state index contributed by atoms with van der Waals surface area (Å²) in [6.07, 6.45) is -3.09. The number of alkyl halides is 3. The lowest BCUT2D eigenvalue weighted by molar-refractivity contribution is -0.137. The number of nitrogens with zero attached hydrogens (tertiary/aromatic N) is 1. The highest BCUT2D eigenvalue weighted by molar-refractivity contribution is 9.10. The van der Waals surface area contributed by atoms with Crippen molar-refractivity contribution >= 4 is 21.6 Å². The second kappa shape index (κ2) is 4.61. The molecule has 6 heteroatoms. The van der Waals surface area contributed by atoms with E-state index in [1.165, 1.54) is 24.4 Å². The van der Waals surface area contributed by atoms with Crippen molar-refractivity contribution < 1.29 is 13.2 Å². The molecule has 2 aromatic rings. The number of anilines is 1. The Morgan fingerprint density at radius 3 is 2.44 bits per heavy atom. The number of pyridine rings is 1. The second-order valence-electron chi connectivity index (χ2n) is 3.64. The van der Waals surface area contributed by atoms with Gasteiger partial charge in [0.25, 0.3) is 0 Å². The molecule has 0 aliphatic rings. The van der Waals surface area contributed by atoms with E-state index in [4.69, 9.17) is 5.73 Å². The molecular formula is C12H8BrF3N2. The first kappa shape index (κ1) is 12.9. The predicted molar refractivity (Wildman–Crippen MR) is 66.8 cm³/mol. The van der Waals surface area contributed by atoms with Gasteiger partial charge in [-0.1, -0.05) is 18.2 Å². The Balaban J connectivity index is 2.68. The third-order valence-electron chi connectivity index (χ3n) is 2.42. The van der Waals surface area contributed by atoms with Gasteiger partial charge in [-0.15, -0.1) is 0 Å². The summed E-state index contributed by atoms with van der Waals surface area (Å²) in [7, 11) is 0. The van der Waals surface area contributed by atoms with Crippen LogP contribution in [-0.4, -0.2) is 4.98 Å². The van der Waals surface area contributed by atoms with Crippen LogP contribution in [0.5, 0.6) is 0 Å². The lowest BCUT2D eigenvalue weighted by atomic mass is 9.99. The van der Waals surface area contributed by atoms with E-state index in [2.05, 4.69) is 20.9 Å². The van der Waals surface area contributed by atoms with E-state index in [-0.39, 0.29) is 11.3 Å². The summed E-state index contributed by atoms with van der Waals surface area (Å²) in [4.78, 5) is 3.87. The topological polar surface area (TPSA) is 38.9 Å². The Bertz CT molecular complexity index is 582. The highest BCUT2D eigenvalue weighted by Gasteiger charge is 2.33. The van der Waals surface area contributed by atoms with Gasteiger partial charge in [-0.25, -0.2) is 4.98 Å². The van der Waals surface area contributed by atoms with E-state index in [1.54, 1.807) is 6.07 Å². The van der Waals surface area contributed by atoms with Gasteiger partial charge in [0.15, 0.2) is 0 Å². The Kier molecular flexibility index (Phi) is 3.30. The van der Waals surface area contributed by atoms with Crippen molar-refractivity contribution in [2.24, 2.45) is 0 Å². The van der Waals surface area contributed by atoms with Crippen LogP contribution in [0.1, 0.15) is 5.56 Å². The highest BCUT2D eigenvalue weighted by atomic mass is 79.9. The molecule has 0 fully saturated rings. The summed E-state index contributed by atoms with van der Waals surface area (Å²) >= 11 is 3.12. The fraction of sp³-hybridized carbons (Fsp3) is 0.0833. The van der Waals surface area contributed by atoms with Crippen molar-refractivity contribution in [1.82, 2.24) is 4.98 Å². The maximum absolute atomic E-state index is 12.9. The van der Waals surface area contributed by atoms with E-state index in [0.717, 1.165) is 6.07 Å². The molecule has 0 saturated carbocycles. The van der Waals surface area contributed by atoms with E-state index < -0.39 is 11.7 Å². The molecule has 0 unspecified atom stereocenters. The van der Waals surface area contributed by atoms with Crippen LogP contribution in [-0.2, 0) is 6.18 Å². The van der Waals surface area contributed by atoms with Crippen molar-refractivity contribution in [3.8, 4) is 11.1 Å². The number of hydrogen-bond donors (Lipinski definition) is 1. The number of aromatic nitrogens is 1. The molecule has 0 bridgehead atoms. The van der Waals surface area contributed by atoms with E-state index >= 15 is 0 Å². The summed E-state index contributed by atoms with van der Waals surface area (Å²) in [6.45, 7) is 0. The lowest BCUT2D eigenvalue weighted by Gasteiger charge is -2.14. The Labute approximate surface area is 110 Å². The zero-order chi connectivity index (χ0) is 13.3. The molecule has 2 nitrogen and oxygen atoms in total. The summed E-state index contributed by atoms with van der Waals surface area (Å²) in [5.74, 6) is 0. The van der Waals surface area contributed by atoms with Crippen LogP contribution >= 0.6 is 15.9 Å². The standard InChI is InChI=1S/C12H8BrF3N2/c13-11-5-8(10(17)6-18-11)7-3-1-2-4-9(7)12(14,15)16/h1-6H,17H2. The molecule has 0 amide bonds. The van der Waals surface area contributed by atoms with E-state index in [0.29, 0.717) is 10.2 Å². The highest BCUT2D eigenvalue weighted by Crippen LogP contribution is 2.39. The number of benzene rings is 1. The molecule has 18 heavy (non-hydrogen) atoms. The van der Waals surface area contributed by atoms with Crippen LogP contribution in [0.2, 0.25) is 0 Å². The Morgan fingerprint density at radius 1 is 1.11 bits per heavy atom. The lowest BCUT2D eigenvalue weighted by Crippen LogP contribution is -2.07. The second-order valence-corrected chi connectivity index (χ2v) is 4.45. The zero-order valence-corrected chi connectivity index (χ0v) is 10.6. The minimum Gasteiger partial charge on any atom is -0.397 e. The number of hydrogen-bond acceptors (Lipinski definition) is 2. The molecule has 0 radical (unpaired) electrons. The van der Waals surface area contributed by atoms with Gasteiger partial charge in [0.1, 0.15) is 4.60 Å². The smallest absolute Gasteiger partial charge is 0.397 e. The minimum atomic E-state index is -4.42. The van der Waals surface area contributed by atoms with Crippen molar-refractivity contribution in [3.05, 3.63) is 46.7 Å². The van der Waals surface area contributed by atoms with Crippen LogP contribution in [0.4, 0.5) is 18.9 Å². The quantitative estimate of drug-likeness (QED) is 0.804. The predicted octanol–water partition coefficient (Wildman–Crippen LogP) is 4.11. The van der Waals surface area contributed by atoms with Gasteiger partial charge in [-0.2, -0.15) is 13.2 Å². The van der Waals surface area contributed by atoms with Gasteiger partial charge in [-0.3, -0.25) is 0 Å². The van der Waals surface area contributed by atoms with Gasteiger partial charge in [0, 0.05) is 5.56 Å². The van der Waals surface area contributed by atoms with E-state index in [1.807, 2.05) is 0 Å². The van der Waals surface area contributed by atoms with Gasteiger partial charge in [0.05, 0.1) is 17.4 Å². The van der Waals surface area contributed by atoms with E-state index in [9.17, 15) is 13.2 Å².